The summed E-state index contributed by atoms with van der Waals surface area (Å²) in [6.07, 6.45) is 5.32. The zero-order valence-corrected chi connectivity index (χ0v) is 14.1. The van der Waals surface area contributed by atoms with Crippen LogP contribution < -0.4 is 5.32 Å². The number of aryl methyl sites for hydroxylation is 1. The van der Waals surface area contributed by atoms with E-state index < -0.39 is 0 Å². The molecule has 3 rings (SSSR count). The van der Waals surface area contributed by atoms with E-state index in [1.165, 1.54) is 0 Å². The molecule has 1 amide bonds. The number of anilines is 1. The Morgan fingerprint density at radius 2 is 2.00 bits per heavy atom. The van der Waals surface area contributed by atoms with Gasteiger partial charge in [0.1, 0.15) is 18.2 Å². The van der Waals surface area contributed by atoms with Gasteiger partial charge in [-0.3, -0.25) is 9.48 Å². The predicted octanol–water partition coefficient (Wildman–Crippen LogP) is 3.05. The molecular formula is C18H21N5O. The van der Waals surface area contributed by atoms with Gasteiger partial charge in [0.15, 0.2) is 0 Å². The molecule has 0 saturated heterocycles. The summed E-state index contributed by atoms with van der Waals surface area (Å²) in [4.78, 5) is 16.8. The highest BCUT2D eigenvalue weighted by Gasteiger charge is 2.15. The van der Waals surface area contributed by atoms with E-state index in [2.05, 4.69) is 29.2 Å². The van der Waals surface area contributed by atoms with Gasteiger partial charge in [0.2, 0.25) is 5.91 Å². The fourth-order valence-corrected chi connectivity index (χ4v) is 2.70. The number of nitrogens with zero attached hydrogens (tertiary/aromatic N) is 4. The highest BCUT2D eigenvalue weighted by molar-refractivity contribution is 5.94. The molecule has 3 aromatic rings. The van der Waals surface area contributed by atoms with Gasteiger partial charge in [-0.1, -0.05) is 44.2 Å². The number of carbonyl (C=O) groups excluding carboxylic acids is 1. The Balaban J connectivity index is 1.80. The Morgan fingerprint density at radius 1 is 1.25 bits per heavy atom. The van der Waals surface area contributed by atoms with Crippen molar-refractivity contribution in [3.63, 3.8) is 0 Å². The minimum absolute atomic E-state index is 0.101. The van der Waals surface area contributed by atoms with E-state index in [9.17, 15) is 4.79 Å². The van der Waals surface area contributed by atoms with E-state index in [0.717, 1.165) is 17.0 Å². The second-order valence-corrected chi connectivity index (χ2v) is 6.01. The van der Waals surface area contributed by atoms with Gasteiger partial charge in [0.05, 0.1) is 6.20 Å². The maximum absolute atomic E-state index is 12.5. The molecule has 0 aliphatic heterocycles. The molecule has 0 atom stereocenters. The summed E-state index contributed by atoms with van der Waals surface area (Å²) >= 11 is 0. The lowest BCUT2D eigenvalue weighted by molar-refractivity contribution is -0.116. The Kier molecular flexibility index (Phi) is 4.46. The summed E-state index contributed by atoms with van der Waals surface area (Å²) in [6.45, 7) is 4.35. The molecule has 6 heteroatoms. The van der Waals surface area contributed by atoms with Crippen LogP contribution in [0.2, 0.25) is 0 Å². The number of hydrogen-bond acceptors (Lipinski definition) is 3. The van der Waals surface area contributed by atoms with Crippen LogP contribution in [-0.2, 0) is 18.4 Å². The van der Waals surface area contributed by atoms with Gasteiger partial charge < -0.3 is 9.88 Å². The van der Waals surface area contributed by atoms with Gasteiger partial charge in [-0.05, 0) is 5.56 Å². The molecule has 0 aliphatic rings. The maximum atomic E-state index is 12.5. The normalized spacial score (nSPS) is 11.0. The van der Waals surface area contributed by atoms with E-state index in [-0.39, 0.29) is 18.4 Å². The minimum Gasteiger partial charge on any atom is -0.325 e. The van der Waals surface area contributed by atoms with Crippen LogP contribution in [0.4, 0.5) is 5.82 Å². The Hall–Kier alpha value is -2.89. The van der Waals surface area contributed by atoms with Gasteiger partial charge in [-0.25, -0.2) is 4.98 Å². The quantitative estimate of drug-likeness (QED) is 0.785. The first-order valence-electron chi connectivity index (χ1n) is 7.94. The third-order valence-corrected chi connectivity index (χ3v) is 3.86. The summed E-state index contributed by atoms with van der Waals surface area (Å²) in [5, 5.41) is 7.25. The van der Waals surface area contributed by atoms with E-state index >= 15 is 0 Å². The topological polar surface area (TPSA) is 64.7 Å². The van der Waals surface area contributed by atoms with Gasteiger partial charge in [0, 0.05) is 30.9 Å². The predicted molar refractivity (Wildman–Crippen MR) is 93.6 cm³/mol. The smallest absolute Gasteiger partial charge is 0.245 e. The van der Waals surface area contributed by atoms with Crippen LogP contribution in [0.3, 0.4) is 0 Å². The highest BCUT2D eigenvalue weighted by Crippen LogP contribution is 2.27. The SMILES string of the molecule is CC(C)c1nccn1CC(=O)Nc1c(-c2ccccc2)cnn1C. The third kappa shape index (κ3) is 3.22. The van der Waals surface area contributed by atoms with E-state index in [0.29, 0.717) is 5.82 Å². The standard InChI is InChI=1S/C18H21N5O/c1-13(2)17-19-9-10-23(17)12-16(24)21-18-15(11-20-22(18)3)14-7-5-4-6-8-14/h4-11,13H,12H2,1-3H3,(H,21,24). The molecule has 6 nitrogen and oxygen atoms in total. The van der Waals surface area contributed by atoms with Crippen LogP contribution in [0.5, 0.6) is 0 Å². The second kappa shape index (κ2) is 6.70. The lowest BCUT2D eigenvalue weighted by Crippen LogP contribution is -2.21. The average molecular weight is 323 g/mol. The number of benzene rings is 1. The largest absolute Gasteiger partial charge is 0.325 e. The number of rotatable bonds is 5. The molecule has 0 fully saturated rings. The molecule has 2 aromatic heterocycles. The molecular weight excluding hydrogens is 302 g/mol. The molecule has 0 aliphatic carbocycles. The lowest BCUT2D eigenvalue weighted by Gasteiger charge is -2.12. The summed E-state index contributed by atoms with van der Waals surface area (Å²) in [6, 6.07) is 9.89. The molecule has 0 radical (unpaired) electrons. The number of hydrogen-bond donors (Lipinski definition) is 1. The number of aromatic nitrogens is 4. The zero-order chi connectivity index (χ0) is 17.1. The van der Waals surface area contributed by atoms with Gasteiger partial charge in [-0.2, -0.15) is 5.10 Å². The number of amides is 1. The zero-order valence-electron chi connectivity index (χ0n) is 14.1. The fraction of sp³-hybridized carbons (Fsp3) is 0.278. The van der Waals surface area contributed by atoms with Crippen molar-refractivity contribution in [1.82, 2.24) is 19.3 Å². The van der Waals surface area contributed by atoms with Gasteiger partial charge >= 0.3 is 0 Å². The van der Waals surface area contributed by atoms with Gasteiger partial charge in [-0.15, -0.1) is 0 Å². The molecule has 0 unspecified atom stereocenters. The van der Waals surface area contributed by atoms with Crippen molar-refractivity contribution in [3.05, 3.63) is 54.7 Å². The highest BCUT2D eigenvalue weighted by atomic mass is 16.2. The van der Waals surface area contributed by atoms with Crippen molar-refractivity contribution >= 4 is 11.7 Å². The molecule has 24 heavy (non-hydrogen) atoms. The first kappa shape index (κ1) is 16.0. The van der Waals surface area contributed by atoms with Crippen molar-refractivity contribution in [3.8, 4) is 11.1 Å². The number of imidazole rings is 1. The molecule has 124 valence electrons. The summed E-state index contributed by atoms with van der Waals surface area (Å²) in [7, 11) is 1.82. The van der Waals surface area contributed by atoms with Crippen LogP contribution >= 0.6 is 0 Å². The summed E-state index contributed by atoms with van der Waals surface area (Å²) in [5.74, 6) is 1.76. The Labute approximate surface area is 141 Å². The minimum atomic E-state index is -0.101. The first-order chi connectivity index (χ1) is 11.6. The number of nitrogens with one attached hydrogen (secondary N) is 1. The van der Waals surface area contributed by atoms with Crippen LogP contribution in [-0.4, -0.2) is 25.2 Å². The lowest BCUT2D eigenvalue weighted by atomic mass is 10.1. The second-order valence-electron chi connectivity index (χ2n) is 6.01. The van der Waals surface area contributed by atoms with E-state index in [1.54, 1.807) is 17.1 Å². The van der Waals surface area contributed by atoms with E-state index in [1.807, 2.05) is 48.1 Å². The number of carbonyl (C=O) groups is 1. The van der Waals surface area contributed by atoms with Crippen LogP contribution in [0.15, 0.2) is 48.9 Å². The first-order valence-corrected chi connectivity index (χ1v) is 7.94. The van der Waals surface area contributed by atoms with Crippen LogP contribution in [0.1, 0.15) is 25.6 Å². The van der Waals surface area contributed by atoms with Crippen molar-refractivity contribution in [2.75, 3.05) is 5.32 Å². The molecule has 0 bridgehead atoms. The van der Waals surface area contributed by atoms with Crippen molar-refractivity contribution in [1.29, 1.82) is 0 Å². The third-order valence-electron chi connectivity index (χ3n) is 3.86. The molecule has 1 aromatic carbocycles. The van der Waals surface area contributed by atoms with Crippen LogP contribution in [0, 0.1) is 0 Å². The molecule has 1 N–H and O–H groups in total. The van der Waals surface area contributed by atoms with E-state index in [4.69, 9.17) is 0 Å². The van der Waals surface area contributed by atoms with Crippen LogP contribution in [0.25, 0.3) is 11.1 Å². The van der Waals surface area contributed by atoms with Crippen molar-refractivity contribution < 1.29 is 4.79 Å². The monoisotopic (exact) mass is 323 g/mol. The Morgan fingerprint density at radius 3 is 2.71 bits per heavy atom. The molecule has 0 spiro atoms. The molecule has 2 heterocycles. The average Bonchev–Trinajstić information content (AvgIpc) is 3.16. The summed E-state index contributed by atoms with van der Waals surface area (Å²) in [5.41, 5.74) is 1.92. The van der Waals surface area contributed by atoms with Gasteiger partial charge in [0.25, 0.3) is 0 Å². The van der Waals surface area contributed by atoms with Crippen molar-refractivity contribution in [2.45, 2.75) is 26.3 Å². The maximum Gasteiger partial charge on any atom is 0.245 e. The summed E-state index contributed by atoms with van der Waals surface area (Å²) < 4.78 is 3.55. The molecule has 0 saturated carbocycles. The fourth-order valence-electron chi connectivity index (χ4n) is 2.70. The van der Waals surface area contributed by atoms with Crippen molar-refractivity contribution in [2.24, 2.45) is 7.05 Å². The Bertz CT molecular complexity index is 832.